The molecule has 1 unspecified atom stereocenters. The lowest BCUT2D eigenvalue weighted by molar-refractivity contribution is -0.125. The second-order valence-corrected chi connectivity index (χ2v) is 6.88. The van der Waals surface area contributed by atoms with Crippen LogP contribution in [0.4, 0.5) is 4.79 Å². The van der Waals surface area contributed by atoms with E-state index in [0.717, 1.165) is 6.42 Å². The van der Waals surface area contributed by atoms with Crippen molar-refractivity contribution in [2.24, 2.45) is 0 Å². The first-order chi connectivity index (χ1) is 12.2. The van der Waals surface area contributed by atoms with Crippen molar-refractivity contribution in [3.63, 3.8) is 0 Å². The summed E-state index contributed by atoms with van der Waals surface area (Å²) in [5, 5.41) is 9.02. The second-order valence-electron chi connectivity index (χ2n) is 6.88. The smallest absolute Gasteiger partial charge is 0.410 e. The second kappa shape index (κ2) is 8.15. The van der Waals surface area contributed by atoms with Gasteiger partial charge in [0, 0.05) is 6.54 Å². The van der Waals surface area contributed by atoms with Crippen molar-refractivity contribution in [3.05, 3.63) is 11.6 Å². The fourth-order valence-electron chi connectivity index (χ4n) is 2.53. The highest BCUT2D eigenvalue weighted by molar-refractivity contribution is 5.86. The maximum atomic E-state index is 12.4. The van der Waals surface area contributed by atoms with Crippen molar-refractivity contribution in [1.29, 1.82) is 0 Å². The van der Waals surface area contributed by atoms with Crippen LogP contribution in [0.3, 0.4) is 0 Å². The zero-order valence-electron chi connectivity index (χ0n) is 15.5. The van der Waals surface area contributed by atoms with Crippen LogP contribution in [0, 0.1) is 0 Å². The van der Waals surface area contributed by atoms with Gasteiger partial charge in [0.05, 0.1) is 13.2 Å². The van der Waals surface area contributed by atoms with Gasteiger partial charge in [-0.3, -0.25) is 14.8 Å². The maximum absolute atomic E-state index is 12.4. The zero-order chi connectivity index (χ0) is 19.3. The van der Waals surface area contributed by atoms with Crippen molar-refractivity contribution in [2.75, 3.05) is 13.2 Å². The monoisotopic (exact) mass is 367 g/mol. The van der Waals surface area contributed by atoms with E-state index in [1.807, 2.05) is 0 Å². The molecule has 2 amide bonds. The predicted molar refractivity (Wildman–Crippen MR) is 90.1 cm³/mol. The third-order valence-electron chi connectivity index (χ3n) is 3.60. The number of hydrogen-bond donors (Lipinski definition) is 2. The van der Waals surface area contributed by atoms with Gasteiger partial charge in [-0.25, -0.2) is 14.6 Å². The van der Waals surface area contributed by atoms with E-state index in [1.165, 1.54) is 4.90 Å². The summed E-state index contributed by atoms with van der Waals surface area (Å²) >= 11 is 0. The van der Waals surface area contributed by atoms with Crippen LogP contribution in [0.1, 0.15) is 57.0 Å². The molecule has 0 radical (unpaired) electrons. The Kier molecular flexibility index (Phi) is 6.17. The molecule has 0 spiro atoms. The third-order valence-corrected chi connectivity index (χ3v) is 3.60. The van der Waals surface area contributed by atoms with Crippen LogP contribution in [0.2, 0.25) is 0 Å². The van der Waals surface area contributed by atoms with Gasteiger partial charge in [0.2, 0.25) is 5.91 Å². The summed E-state index contributed by atoms with van der Waals surface area (Å²) in [7, 11) is 0. The number of carbonyl (C=O) groups excluding carboxylic acids is 3. The van der Waals surface area contributed by atoms with E-state index in [9.17, 15) is 14.4 Å². The molecule has 1 saturated heterocycles. The Labute approximate surface area is 151 Å². The molecule has 1 aliphatic heterocycles. The number of amides is 2. The molecular formula is C16H25N5O5. The Hall–Kier alpha value is -2.65. The highest BCUT2D eigenvalue weighted by Crippen LogP contribution is 2.21. The number of aromatic nitrogens is 3. The van der Waals surface area contributed by atoms with Crippen molar-refractivity contribution >= 4 is 18.0 Å². The van der Waals surface area contributed by atoms with Crippen LogP contribution >= 0.6 is 0 Å². The summed E-state index contributed by atoms with van der Waals surface area (Å²) in [6.45, 7) is 7.78. The standard InChI is InChI=1S/C16H25N5O5/c1-5-25-14(23)12-18-11(19-20-12)9-17-13(22)10-7-6-8-21(10)15(24)26-16(2,3)4/h10H,5-9H2,1-4H3,(H,17,22)(H,18,19,20). The van der Waals surface area contributed by atoms with Crippen LogP contribution in [0.25, 0.3) is 0 Å². The van der Waals surface area contributed by atoms with Gasteiger partial charge in [-0.15, -0.1) is 5.10 Å². The van der Waals surface area contributed by atoms with E-state index in [2.05, 4.69) is 20.5 Å². The minimum atomic E-state index is -0.631. The number of hydrogen-bond acceptors (Lipinski definition) is 7. The Morgan fingerprint density at radius 3 is 2.73 bits per heavy atom. The van der Waals surface area contributed by atoms with Gasteiger partial charge in [-0.1, -0.05) is 0 Å². The summed E-state index contributed by atoms with van der Waals surface area (Å²) < 4.78 is 10.1. The topological polar surface area (TPSA) is 127 Å². The minimum absolute atomic E-state index is 0.0594. The summed E-state index contributed by atoms with van der Waals surface area (Å²) in [6.07, 6.45) is 0.793. The number of rotatable bonds is 5. The van der Waals surface area contributed by atoms with Crippen LogP contribution < -0.4 is 5.32 Å². The Bertz CT molecular complexity index is 666. The lowest BCUT2D eigenvalue weighted by Gasteiger charge is -2.27. The summed E-state index contributed by atoms with van der Waals surface area (Å²) in [6, 6.07) is -0.586. The molecule has 144 valence electrons. The summed E-state index contributed by atoms with van der Waals surface area (Å²) in [5.41, 5.74) is -0.621. The normalized spacial score (nSPS) is 17.1. The summed E-state index contributed by atoms with van der Waals surface area (Å²) in [5.74, 6) is -0.703. The molecule has 10 nitrogen and oxygen atoms in total. The fraction of sp³-hybridized carbons (Fsp3) is 0.688. The molecule has 0 aliphatic carbocycles. The molecule has 1 aromatic heterocycles. The van der Waals surface area contributed by atoms with Crippen molar-refractivity contribution in [2.45, 2.75) is 58.7 Å². The number of nitrogens with zero attached hydrogens (tertiary/aromatic N) is 3. The van der Waals surface area contributed by atoms with Crippen molar-refractivity contribution in [1.82, 2.24) is 25.4 Å². The fourth-order valence-corrected chi connectivity index (χ4v) is 2.53. The molecule has 1 atom stereocenters. The van der Waals surface area contributed by atoms with Gasteiger partial charge in [-0.05, 0) is 40.5 Å². The highest BCUT2D eigenvalue weighted by atomic mass is 16.6. The Morgan fingerprint density at radius 1 is 1.35 bits per heavy atom. The van der Waals surface area contributed by atoms with Gasteiger partial charge in [0.15, 0.2) is 0 Å². The quantitative estimate of drug-likeness (QED) is 0.743. The zero-order valence-corrected chi connectivity index (χ0v) is 15.5. The van der Waals surface area contributed by atoms with E-state index in [-0.39, 0.29) is 24.9 Å². The van der Waals surface area contributed by atoms with E-state index < -0.39 is 23.7 Å². The molecule has 10 heteroatoms. The third kappa shape index (κ3) is 5.17. The predicted octanol–water partition coefficient (Wildman–Crippen LogP) is 0.997. The first kappa shape index (κ1) is 19.7. The first-order valence-corrected chi connectivity index (χ1v) is 8.57. The molecule has 0 aromatic carbocycles. The van der Waals surface area contributed by atoms with Gasteiger partial charge in [0.25, 0.3) is 5.82 Å². The molecule has 26 heavy (non-hydrogen) atoms. The molecule has 2 N–H and O–H groups in total. The molecule has 0 saturated carbocycles. The number of carbonyl (C=O) groups is 3. The van der Waals surface area contributed by atoms with Gasteiger partial charge in [-0.2, -0.15) is 0 Å². The van der Waals surface area contributed by atoms with E-state index in [4.69, 9.17) is 9.47 Å². The molecule has 2 rings (SSSR count). The molecule has 2 heterocycles. The number of ether oxygens (including phenoxy) is 2. The lowest BCUT2D eigenvalue weighted by Crippen LogP contribution is -2.47. The van der Waals surface area contributed by atoms with E-state index in [1.54, 1.807) is 27.7 Å². The van der Waals surface area contributed by atoms with Gasteiger partial charge >= 0.3 is 12.1 Å². The Balaban J connectivity index is 1.90. The van der Waals surface area contributed by atoms with Crippen LogP contribution in [0.15, 0.2) is 0 Å². The number of likely N-dealkylation sites (tertiary alicyclic amines) is 1. The number of nitrogens with one attached hydrogen (secondary N) is 2. The Morgan fingerprint density at radius 2 is 2.08 bits per heavy atom. The van der Waals surface area contributed by atoms with E-state index in [0.29, 0.717) is 18.8 Å². The lowest BCUT2D eigenvalue weighted by atomic mass is 10.2. The minimum Gasteiger partial charge on any atom is -0.460 e. The maximum Gasteiger partial charge on any atom is 0.410 e. The van der Waals surface area contributed by atoms with Gasteiger partial charge < -0.3 is 14.8 Å². The molecule has 0 bridgehead atoms. The van der Waals surface area contributed by atoms with Crippen molar-refractivity contribution in [3.8, 4) is 0 Å². The van der Waals surface area contributed by atoms with Crippen LogP contribution in [-0.2, 0) is 20.8 Å². The molecular weight excluding hydrogens is 342 g/mol. The largest absolute Gasteiger partial charge is 0.460 e. The first-order valence-electron chi connectivity index (χ1n) is 8.57. The summed E-state index contributed by atoms with van der Waals surface area (Å²) in [4.78, 5) is 41.6. The van der Waals surface area contributed by atoms with Crippen LogP contribution in [0.5, 0.6) is 0 Å². The number of H-pyrrole nitrogens is 1. The molecule has 1 aromatic rings. The number of aromatic amines is 1. The molecule has 1 aliphatic rings. The molecule has 1 fully saturated rings. The average molecular weight is 367 g/mol. The van der Waals surface area contributed by atoms with Crippen LogP contribution in [-0.4, -0.2) is 62.8 Å². The highest BCUT2D eigenvalue weighted by Gasteiger charge is 2.36. The average Bonchev–Trinajstić information content (AvgIpc) is 3.20. The number of esters is 1. The van der Waals surface area contributed by atoms with Crippen molar-refractivity contribution < 1.29 is 23.9 Å². The SMILES string of the molecule is CCOC(=O)c1n[nH]c(CNC(=O)C2CCCN2C(=O)OC(C)(C)C)n1. The van der Waals surface area contributed by atoms with Gasteiger partial charge in [0.1, 0.15) is 17.5 Å². The van der Waals surface area contributed by atoms with E-state index >= 15 is 0 Å².